The predicted octanol–water partition coefficient (Wildman–Crippen LogP) is 4.93. The fraction of sp³-hybridized carbons (Fsp3) is 0.458. The highest BCUT2D eigenvalue weighted by atomic mass is 19.4. The van der Waals surface area contributed by atoms with Crippen LogP contribution >= 0.6 is 0 Å². The third kappa shape index (κ3) is 2.64. The highest BCUT2D eigenvalue weighted by Gasteiger charge is 2.66. The average Bonchev–Trinajstić information content (AvgIpc) is 3.21. The molecule has 164 valence electrons. The van der Waals surface area contributed by atoms with E-state index in [9.17, 15) is 18.0 Å². The van der Waals surface area contributed by atoms with Crippen LogP contribution in [0.3, 0.4) is 0 Å². The van der Waals surface area contributed by atoms with E-state index < -0.39 is 29.8 Å². The number of amides is 1. The zero-order valence-corrected chi connectivity index (χ0v) is 18.0. The van der Waals surface area contributed by atoms with Crippen molar-refractivity contribution in [2.45, 2.75) is 56.5 Å². The third-order valence-electron chi connectivity index (χ3n) is 7.06. The smallest absolute Gasteiger partial charge is 0.469 e. The van der Waals surface area contributed by atoms with E-state index in [1.807, 2.05) is 54.4 Å². The fourth-order valence-corrected chi connectivity index (χ4v) is 5.64. The van der Waals surface area contributed by atoms with E-state index in [-0.39, 0.29) is 12.0 Å². The van der Waals surface area contributed by atoms with Crippen molar-refractivity contribution < 1.29 is 22.7 Å². The van der Waals surface area contributed by atoms with Gasteiger partial charge in [-0.15, -0.1) is 0 Å². The number of nitrogens with zero attached hydrogens (tertiary/aromatic N) is 2. The number of likely N-dealkylation sites (N-methyl/N-ethyl adjacent to an activating group) is 1. The first-order valence-corrected chi connectivity index (χ1v) is 10.5. The number of carbonyl (C=O) groups is 1. The van der Waals surface area contributed by atoms with Crippen LogP contribution in [0.2, 0.25) is 0 Å². The highest BCUT2D eigenvalue weighted by molar-refractivity contribution is 5.84. The summed E-state index contributed by atoms with van der Waals surface area (Å²) in [5, 5.41) is 0. The first kappa shape index (κ1) is 20.2. The Morgan fingerprint density at radius 3 is 2.52 bits per heavy atom. The van der Waals surface area contributed by atoms with Gasteiger partial charge in [0.15, 0.2) is 6.23 Å². The lowest BCUT2D eigenvalue weighted by Gasteiger charge is -2.46. The molecular formula is C24H25F3N2O2. The summed E-state index contributed by atoms with van der Waals surface area (Å²) in [5.41, 5.74) is 2.58. The van der Waals surface area contributed by atoms with Crippen LogP contribution in [0.5, 0.6) is 5.75 Å². The molecule has 3 atom stereocenters. The van der Waals surface area contributed by atoms with E-state index in [0.717, 1.165) is 21.7 Å². The molecule has 3 aliphatic heterocycles. The molecule has 7 heteroatoms. The summed E-state index contributed by atoms with van der Waals surface area (Å²) in [7, 11) is 1.90. The van der Waals surface area contributed by atoms with Gasteiger partial charge >= 0.3 is 12.1 Å². The maximum absolute atomic E-state index is 13.6. The van der Waals surface area contributed by atoms with Crippen molar-refractivity contribution in [3.63, 3.8) is 0 Å². The van der Waals surface area contributed by atoms with Gasteiger partial charge < -0.3 is 14.5 Å². The molecule has 1 fully saturated rings. The molecule has 4 nitrogen and oxygen atoms in total. The van der Waals surface area contributed by atoms with Crippen LogP contribution in [0, 0.1) is 0 Å². The molecule has 1 saturated heterocycles. The zero-order chi connectivity index (χ0) is 22.3. The lowest BCUT2D eigenvalue weighted by atomic mass is 9.69. The average molecular weight is 430 g/mol. The second-order valence-electron chi connectivity index (χ2n) is 9.79. The number of anilines is 1. The number of fused-ring (bicyclic) bond motifs is 3. The number of hydrogen-bond donors (Lipinski definition) is 0. The number of likely N-dealkylation sites (tertiary alicyclic amines) is 1. The number of benzene rings is 2. The van der Waals surface area contributed by atoms with Crippen molar-refractivity contribution in [1.82, 2.24) is 4.90 Å². The quantitative estimate of drug-likeness (QED) is 0.595. The Morgan fingerprint density at radius 2 is 1.84 bits per heavy atom. The molecule has 0 unspecified atom stereocenters. The Balaban J connectivity index is 1.77. The van der Waals surface area contributed by atoms with Crippen LogP contribution in [-0.4, -0.2) is 36.8 Å². The van der Waals surface area contributed by atoms with Crippen LogP contribution in [0.1, 0.15) is 49.9 Å². The second kappa shape index (κ2) is 6.17. The molecule has 3 aliphatic rings. The minimum absolute atomic E-state index is 0.0320. The van der Waals surface area contributed by atoms with Gasteiger partial charge in [0.2, 0.25) is 0 Å². The molecular weight excluding hydrogens is 405 g/mol. The van der Waals surface area contributed by atoms with E-state index in [2.05, 4.69) is 20.8 Å². The Kier molecular flexibility index (Phi) is 4.03. The van der Waals surface area contributed by atoms with Crippen molar-refractivity contribution in [3.8, 4) is 5.75 Å². The maximum Gasteiger partial charge on any atom is 0.471 e. The van der Waals surface area contributed by atoms with Crippen LogP contribution in [0.4, 0.5) is 18.9 Å². The molecule has 1 spiro atoms. The topological polar surface area (TPSA) is 32.8 Å². The summed E-state index contributed by atoms with van der Waals surface area (Å²) in [6, 6.07) is 12.7. The van der Waals surface area contributed by atoms with Gasteiger partial charge in [0.05, 0.1) is 11.5 Å². The molecule has 0 N–H and O–H groups in total. The van der Waals surface area contributed by atoms with E-state index in [0.29, 0.717) is 17.7 Å². The summed E-state index contributed by atoms with van der Waals surface area (Å²) < 4.78 is 47.2. The normalized spacial score (nSPS) is 26.7. The van der Waals surface area contributed by atoms with Crippen LogP contribution in [0.25, 0.3) is 0 Å². The minimum Gasteiger partial charge on any atom is -0.469 e. The first-order chi connectivity index (χ1) is 14.5. The number of hydrogen-bond acceptors (Lipinski definition) is 3. The van der Waals surface area contributed by atoms with Gasteiger partial charge in [0, 0.05) is 24.8 Å². The van der Waals surface area contributed by atoms with Gasteiger partial charge in [-0.25, -0.2) is 0 Å². The molecule has 31 heavy (non-hydrogen) atoms. The molecule has 0 saturated carbocycles. The second-order valence-corrected chi connectivity index (χ2v) is 9.79. The van der Waals surface area contributed by atoms with Crippen molar-refractivity contribution in [2.75, 3.05) is 18.5 Å². The van der Waals surface area contributed by atoms with Gasteiger partial charge in [0.1, 0.15) is 5.75 Å². The van der Waals surface area contributed by atoms with Gasteiger partial charge in [-0.3, -0.25) is 4.79 Å². The van der Waals surface area contributed by atoms with Crippen molar-refractivity contribution >= 4 is 11.6 Å². The SMILES string of the molecule is CN1c2ccccc2[C@]23CCN(C(=O)C(F)(F)F)[C@H]2c2cc(C(C)(C)C)ccc2O[C@H]13. The number of alkyl halides is 3. The lowest BCUT2D eigenvalue weighted by molar-refractivity contribution is -0.187. The summed E-state index contributed by atoms with van der Waals surface area (Å²) in [6.07, 6.45) is -5.00. The fourth-order valence-electron chi connectivity index (χ4n) is 5.64. The van der Waals surface area contributed by atoms with E-state index in [1.165, 1.54) is 0 Å². The molecule has 2 aromatic rings. The van der Waals surface area contributed by atoms with Gasteiger partial charge in [-0.1, -0.05) is 45.0 Å². The standard InChI is InChI=1S/C24H25F3N2O2/c1-22(2,3)14-9-10-18-15(13-14)19-23(11-12-29(19)20(30)24(25,26)27)16-7-5-6-8-17(16)28(4)21(23)31-18/h5-10,13,19,21H,11-12H2,1-4H3/t19-,21-,23+/m0/s1. The third-order valence-corrected chi connectivity index (χ3v) is 7.06. The summed E-state index contributed by atoms with van der Waals surface area (Å²) in [5.74, 6) is -1.24. The molecule has 5 rings (SSSR count). The monoisotopic (exact) mass is 430 g/mol. The Hall–Kier alpha value is -2.70. The number of rotatable bonds is 0. The van der Waals surface area contributed by atoms with E-state index in [4.69, 9.17) is 4.74 Å². The minimum atomic E-state index is -4.93. The Morgan fingerprint density at radius 1 is 1.13 bits per heavy atom. The summed E-state index contributed by atoms with van der Waals surface area (Å²) in [4.78, 5) is 15.6. The maximum atomic E-state index is 13.6. The largest absolute Gasteiger partial charge is 0.471 e. The molecule has 2 aromatic carbocycles. The van der Waals surface area contributed by atoms with Crippen LogP contribution < -0.4 is 9.64 Å². The number of halogens is 3. The summed E-state index contributed by atoms with van der Waals surface area (Å²) in [6.45, 7) is 6.21. The number of ether oxygens (including phenoxy) is 1. The molecule has 0 aromatic heterocycles. The zero-order valence-electron chi connectivity index (χ0n) is 18.0. The summed E-state index contributed by atoms with van der Waals surface area (Å²) >= 11 is 0. The number of para-hydroxylation sites is 1. The van der Waals surface area contributed by atoms with E-state index >= 15 is 0 Å². The highest BCUT2D eigenvalue weighted by Crippen LogP contribution is 2.63. The lowest BCUT2D eigenvalue weighted by Crippen LogP contribution is -2.54. The van der Waals surface area contributed by atoms with Gasteiger partial charge in [-0.2, -0.15) is 13.2 Å². The van der Waals surface area contributed by atoms with Crippen LogP contribution in [0.15, 0.2) is 42.5 Å². The van der Waals surface area contributed by atoms with Crippen molar-refractivity contribution in [1.29, 1.82) is 0 Å². The van der Waals surface area contributed by atoms with Crippen molar-refractivity contribution in [3.05, 3.63) is 59.2 Å². The van der Waals surface area contributed by atoms with Gasteiger partial charge in [0.25, 0.3) is 0 Å². The van der Waals surface area contributed by atoms with Gasteiger partial charge in [-0.05, 0) is 41.2 Å². The number of carbonyl (C=O) groups excluding carboxylic acids is 1. The Bertz CT molecular complexity index is 1080. The predicted molar refractivity (Wildman–Crippen MR) is 111 cm³/mol. The molecule has 0 bridgehead atoms. The molecule has 0 aliphatic carbocycles. The van der Waals surface area contributed by atoms with Crippen molar-refractivity contribution in [2.24, 2.45) is 0 Å². The molecule has 0 radical (unpaired) electrons. The Labute approximate surface area is 179 Å². The molecule has 3 heterocycles. The first-order valence-electron chi connectivity index (χ1n) is 10.5. The van der Waals surface area contributed by atoms with Crippen LogP contribution in [-0.2, 0) is 15.6 Å². The molecule has 1 amide bonds. The van der Waals surface area contributed by atoms with E-state index in [1.54, 1.807) is 0 Å².